The summed E-state index contributed by atoms with van der Waals surface area (Å²) in [6.07, 6.45) is 3.01. The minimum atomic E-state index is -0.585. The van der Waals surface area contributed by atoms with E-state index in [0.29, 0.717) is 24.0 Å². The number of fused-ring (bicyclic) bond motifs is 1. The number of aromatic nitrogens is 1. The highest BCUT2D eigenvalue weighted by molar-refractivity contribution is 5.98. The van der Waals surface area contributed by atoms with Gasteiger partial charge in [0, 0.05) is 30.2 Å². The number of hydrogen-bond donors (Lipinski definition) is 2. The highest BCUT2D eigenvalue weighted by Crippen LogP contribution is 2.07. The van der Waals surface area contributed by atoms with Crippen LogP contribution in [0.4, 0.5) is 0 Å². The van der Waals surface area contributed by atoms with Gasteiger partial charge in [0.25, 0.3) is 5.91 Å². The van der Waals surface area contributed by atoms with Crippen LogP contribution in [0.2, 0.25) is 0 Å². The number of carbonyl (C=O) groups excluding carboxylic acids is 2. The van der Waals surface area contributed by atoms with Crippen LogP contribution in [-0.4, -0.2) is 34.8 Å². The van der Waals surface area contributed by atoms with Crippen molar-refractivity contribution in [2.75, 3.05) is 13.1 Å². The normalized spacial score (nSPS) is 10.4. The lowest BCUT2D eigenvalue weighted by Gasteiger charge is -2.21. The molecule has 3 aromatic rings. The van der Waals surface area contributed by atoms with Crippen LogP contribution in [0.3, 0.4) is 0 Å². The molecule has 0 aliphatic carbocycles. The van der Waals surface area contributed by atoms with Gasteiger partial charge in [-0.3, -0.25) is 14.4 Å². The first-order valence-electron chi connectivity index (χ1n) is 8.91. The summed E-state index contributed by atoms with van der Waals surface area (Å²) in [6.45, 7) is 4.25. The van der Waals surface area contributed by atoms with Crippen LogP contribution < -0.4 is 10.7 Å². The van der Waals surface area contributed by atoms with E-state index in [-0.39, 0.29) is 23.4 Å². The number of pyridine rings is 1. The number of para-hydroxylation sites is 1. The maximum Gasteiger partial charge on any atom is 0.257 e. The van der Waals surface area contributed by atoms with Gasteiger partial charge in [-0.1, -0.05) is 48.5 Å². The second kappa shape index (κ2) is 8.81. The molecule has 6 nitrogen and oxygen atoms in total. The van der Waals surface area contributed by atoms with E-state index in [4.69, 9.17) is 0 Å². The number of H-pyrrole nitrogens is 1. The van der Waals surface area contributed by atoms with Crippen molar-refractivity contribution in [2.24, 2.45) is 0 Å². The highest BCUT2D eigenvalue weighted by atomic mass is 16.2. The Bertz CT molecular complexity index is 1060. The molecule has 0 unspecified atom stereocenters. The number of benzene rings is 2. The predicted molar refractivity (Wildman–Crippen MR) is 109 cm³/mol. The molecule has 0 aliphatic heterocycles. The number of amides is 2. The topological polar surface area (TPSA) is 82.3 Å². The Labute approximate surface area is 162 Å². The second-order valence-corrected chi connectivity index (χ2v) is 6.31. The van der Waals surface area contributed by atoms with Crippen LogP contribution in [0, 0.1) is 0 Å². The zero-order valence-corrected chi connectivity index (χ0v) is 15.4. The number of nitrogens with one attached hydrogen (secondary N) is 2. The fraction of sp³-hybridized carbons (Fsp3) is 0.136. The van der Waals surface area contributed by atoms with Crippen molar-refractivity contribution in [1.29, 1.82) is 0 Å². The van der Waals surface area contributed by atoms with E-state index in [1.165, 1.54) is 6.20 Å². The molecule has 0 atom stereocenters. The predicted octanol–water partition coefficient (Wildman–Crippen LogP) is 2.47. The third kappa shape index (κ3) is 4.35. The number of nitrogens with zero attached hydrogens (tertiary/aromatic N) is 1. The summed E-state index contributed by atoms with van der Waals surface area (Å²) >= 11 is 0. The second-order valence-electron chi connectivity index (χ2n) is 6.31. The van der Waals surface area contributed by atoms with Crippen molar-refractivity contribution >= 4 is 22.7 Å². The van der Waals surface area contributed by atoms with Gasteiger partial charge in [0.05, 0.1) is 6.54 Å². The van der Waals surface area contributed by atoms with Gasteiger partial charge in [0.2, 0.25) is 11.3 Å². The minimum absolute atomic E-state index is 0.0233. The van der Waals surface area contributed by atoms with E-state index in [9.17, 15) is 14.4 Å². The molecule has 0 saturated heterocycles. The Morgan fingerprint density at radius 1 is 1.07 bits per heavy atom. The zero-order valence-electron chi connectivity index (χ0n) is 15.4. The van der Waals surface area contributed by atoms with E-state index in [1.54, 1.807) is 35.2 Å². The Kier molecular flexibility index (Phi) is 6.01. The van der Waals surface area contributed by atoms with E-state index in [0.717, 1.165) is 5.56 Å². The van der Waals surface area contributed by atoms with E-state index in [2.05, 4.69) is 16.9 Å². The molecule has 2 amide bonds. The molecule has 3 rings (SSSR count). The Morgan fingerprint density at radius 3 is 2.54 bits per heavy atom. The van der Waals surface area contributed by atoms with Crippen LogP contribution in [0.15, 0.2) is 78.2 Å². The van der Waals surface area contributed by atoms with Gasteiger partial charge in [-0.2, -0.15) is 0 Å². The minimum Gasteiger partial charge on any atom is -0.360 e. The van der Waals surface area contributed by atoms with Crippen LogP contribution in [0.1, 0.15) is 15.9 Å². The molecule has 1 heterocycles. The summed E-state index contributed by atoms with van der Waals surface area (Å²) in [5, 5.41) is 2.97. The van der Waals surface area contributed by atoms with Gasteiger partial charge in [0.15, 0.2) is 0 Å². The molecule has 2 aromatic carbocycles. The Morgan fingerprint density at radius 2 is 1.79 bits per heavy atom. The van der Waals surface area contributed by atoms with Crippen LogP contribution in [0.25, 0.3) is 10.9 Å². The van der Waals surface area contributed by atoms with Crippen molar-refractivity contribution < 1.29 is 9.59 Å². The molecule has 0 bridgehead atoms. The lowest BCUT2D eigenvalue weighted by Crippen LogP contribution is -2.41. The van der Waals surface area contributed by atoms with Crippen molar-refractivity contribution in [2.45, 2.75) is 6.54 Å². The molecule has 142 valence electrons. The van der Waals surface area contributed by atoms with Gasteiger partial charge in [-0.05, 0) is 17.7 Å². The maximum atomic E-state index is 12.5. The molecule has 0 aliphatic rings. The van der Waals surface area contributed by atoms with E-state index >= 15 is 0 Å². The average Bonchev–Trinajstić information content (AvgIpc) is 2.72. The van der Waals surface area contributed by atoms with Crippen molar-refractivity contribution in [1.82, 2.24) is 15.2 Å². The first-order chi connectivity index (χ1) is 13.6. The molecule has 28 heavy (non-hydrogen) atoms. The van der Waals surface area contributed by atoms with Crippen molar-refractivity contribution in [3.63, 3.8) is 0 Å². The quantitative estimate of drug-likeness (QED) is 0.623. The monoisotopic (exact) mass is 375 g/mol. The van der Waals surface area contributed by atoms with Crippen molar-refractivity contribution in [3.05, 3.63) is 94.8 Å². The zero-order chi connectivity index (χ0) is 19.9. The first kappa shape index (κ1) is 19.1. The number of carbonyl (C=O) groups is 2. The summed E-state index contributed by atoms with van der Waals surface area (Å²) in [5.41, 5.74) is 1.24. The lowest BCUT2D eigenvalue weighted by molar-refractivity contribution is -0.130. The lowest BCUT2D eigenvalue weighted by atomic mass is 10.1. The van der Waals surface area contributed by atoms with Gasteiger partial charge in [-0.25, -0.2) is 0 Å². The maximum absolute atomic E-state index is 12.5. The van der Waals surface area contributed by atoms with Gasteiger partial charge < -0.3 is 15.2 Å². The standard InChI is InChI=1S/C22H21N3O3/c1-2-12-25(15-16-8-4-3-5-9-16)20(26)14-24-22(28)18-13-23-19-11-7-6-10-17(19)21(18)27/h2-11,13H,1,12,14-15H2,(H,23,27)(H,24,28). The van der Waals surface area contributed by atoms with Crippen molar-refractivity contribution in [3.8, 4) is 0 Å². The number of rotatable bonds is 7. The Balaban J connectivity index is 1.69. The summed E-state index contributed by atoms with van der Waals surface area (Å²) in [6, 6.07) is 16.5. The third-order valence-corrected chi connectivity index (χ3v) is 4.35. The van der Waals surface area contributed by atoms with Gasteiger partial charge in [0.1, 0.15) is 5.56 Å². The third-order valence-electron chi connectivity index (χ3n) is 4.35. The molecule has 0 radical (unpaired) electrons. The molecule has 0 spiro atoms. The largest absolute Gasteiger partial charge is 0.360 e. The van der Waals surface area contributed by atoms with Gasteiger partial charge >= 0.3 is 0 Å². The fourth-order valence-electron chi connectivity index (χ4n) is 2.91. The van der Waals surface area contributed by atoms with Crippen LogP contribution >= 0.6 is 0 Å². The SMILES string of the molecule is C=CCN(Cc1ccccc1)C(=O)CNC(=O)c1c[nH]c2ccccc2c1=O. The average molecular weight is 375 g/mol. The fourth-order valence-corrected chi connectivity index (χ4v) is 2.91. The molecular formula is C22H21N3O3. The Hall–Kier alpha value is -3.67. The summed E-state index contributed by atoms with van der Waals surface area (Å²) in [5.74, 6) is -0.840. The molecule has 0 saturated carbocycles. The van der Waals surface area contributed by atoms with E-state index in [1.807, 2.05) is 30.3 Å². The number of hydrogen-bond acceptors (Lipinski definition) is 3. The molecular weight excluding hydrogens is 354 g/mol. The smallest absolute Gasteiger partial charge is 0.257 e. The van der Waals surface area contributed by atoms with Crippen LogP contribution in [0.5, 0.6) is 0 Å². The summed E-state index contributed by atoms with van der Waals surface area (Å²) in [7, 11) is 0. The highest BCUT2D eigenvalue weighted by Gasteiger charge is 2.17. The van der Waals surface area contributed by atoms with Crippen LogP contribution in [-0.2, 0) is 11.3 Å². The number of aromatic amines is 1. The molecule has 6 heteroatoms. The van der Waals surface area contributed by atoms with Gasteiger partial charge in [-0.15, -0.1) is 6.58 Å². The van der Waals surface area contributed by atoms with E-state index < -0.39 is 5.91 Å². The first-order valence-corrected chi connectivity index (χ1v) is 8.91. The molecule has 0 fully saturated rings. The molecule has 1 aromatic heterocycles. The summed E-state index contributed by atoms with van der Waals surface area (Å²) < 4.78 is 0. The molecule has 2 N–H and O–H groups in total. The summed E-state index contributed by atoms with van der Waals surface area (Å²) in [4.78, 5) is 42.0.